The summed E-state index contributed by atoms with van der Waals surface area (Å²) < 4.78 is 6.97. The fourth-order valence-electron chi connectivity index (χ4n) is 4.12. The molecule has 0 radical (unpaired) electrons. The van der Waals surface area contributed by atoms with Crippen LogP contribution < -0.4 is 10.4 Å². The third kappa shape index (κ3) is 4.49. The van der Waals surface area contributed by atoms with Crippen molar-refractivity contribution in [2.24, 2.45) is 0 Å². The SMILES string of the molecule is C/C=C(\CO[Si](c1ccccc1)(c1ccccc1)C(C)(C)C)C(O)c1ccccc1. The lowest BCUT2D eigenvalue weighted by Gasteiger charge is -2.43. The topological polar surface area (TPSA) is 29.5 Å². The van der Waals surface area contributed by atoms with Crippen LogP contribution in [0.4, 0.5) is 0 Å². The van der Waals surface area contributed by atoms with Gasteiger partial charge in [0.2, 0.25) is 0 Å². The van der Waals surface area contributed by atoms with Crippen LogP contribution in [0, 0.1) is 0 Å². The first kappa shape index (κ1) is 22.2. The van der Waals surface area contributed by atoms with Crippen molar-refractivity contribution < 1.29 is 9.53 Å². The monoisotopic (exact) mass is 416 g/mol. The fourth-order valence-corrected chi connectivity index (χ4v) is 8.66. The van der Waals surface area contributed by atoms with Gasteiger partial charge < -0.3 is 9.53 Å². The van der Waals surface area contributed by atoms with E-state index < -0.39 is 14.4 Å². The molecule has 3 aromatic rings. The highest BCUT2D eigenvalue weighted by Gasteiger charge is 2.50. The normalized spacial score (nSPS) is 13.8. The number of rotatable bonds is 7. The lowest BCUT2D eigenvalue weighted by atomic mass is 10.0. The Morgan fingerprint density at radius 3 is 1.67 bits per heavy atom. The van der Waals surface area contributed by atoms with Crippen molar-refractivity contribution in [3.8, 4) is 0 Å². The molecule has 1 unspecified atom stereocenters. The van der Waals surface area contributed by atoms with E-state index in [-0.39, 0.29) is 5.04 Å². The molecular weight excluding hydrogens is 384 g/mol. The number of allylic oxidation sites excluding steroid dienone is 1. The number of aliphatic hydroxyl groups excluding tert-OH is 1. The summed E-state index contributed by atoms with van der Waals surface area (Å²) in [5, 5.41) is 13.4. The molecule has 0 heterocycles. The summed E-state index contributed by atoms with van der Waals surface area (Å²) in [6.45, 7) is 9.16. The first-order valence-electron chi connectivity index (χ1n) is 10.5. The Morgan fingerprint density at radius 2 is 1.27 bits per heavy atom. The van der Waals surface area contributed by atoms with E-state index in [4.69, 9.17) is 4.43 Å². The maximum absolute atomic E-state index is 11.0. The summed E-state index contributed by atoms with van der Waals surface area (Å²) >= 11 is 0. The molecule has 0 amide bonds. The number of benzene rings is 3. The van der Waals surface area contributed by atoms with Crippen LogP contribution in [-0.4, -0.2) is 20.0 Å². The highest BCUT2D eigenvalue weighted by molar-refractivity contribution is 6.99. The molecule has 0 saturated carbocycles. The molecule has 0 aromatic heterocycles. The van der Waals surface area contributed by atoms with Crippen molar-refractivity contribution in [2.45, 2.75) is 38.8 Å². The molecule has 0 aliphatic heterocycles. The second-order valence-electron chi connectivity index (χ2n) is 8.63. The fraction of sp³-hybridized carbons (Fsp3) is 0.259. The second-order valence-corrected chi connectivity index (χ2v) is 12.9. The molecule has 3 heteroatoms. The Bertz CT molecular complexity index is 905. The van der Waals surface area contributed by atoms with Crippen LogP contribution in [0.1, 0.15) is 39.4 Å². The third-order valence-electron chi connectivity index (χ3n) is 5.71. The van der Waals surface area contributed by atoms with E-state index in [1.807, 2.05) is 55.5 Å². The van der Waals surface area contributed by atoms with Crippen molar-refractivity contribution in [1.82, 2.24) is 0 Å². The zero-order valence-corrected chi connectivity index (χ0v) is 19.4. The second kappa shape index (κ2) is 9.56. The molecule has 0 bridgehead atoms. The van der Waals surface area contributed by atoms with Crippen molar-refractivity contribution in [3.05, 3.63) is 108 Å². The highest BCUT2D eigenvalue weighted by atomic mass is 28.4. The van der Waals surface area contributed by atoms with Gasteiger partial charge in [0.05, 0.1) is 6.61 Å². The van der Waals surface area contributed by atoms with Gasteiger partial charge in [0.25, 0.3) is 8.32 Å². The predicted molar refractivity (Wildman–Crippen MR) is 129 cm³/mol. The molecule has 0 saturated heterocycles. The van der Waals surface area contributed by atoms with E-state index in [0.717, 1.165) is 11.1 Å². The van der Waals surface area contributed by atoms with Crippen molar-refractivity contribution >= 4 is 18.7 Å². The lowest BCUT2D eigenvalue weighted by molar-refractivity contribution is 0.192. The van der Waals surface area contributed by atoms with Gasteiger partial charge in [0.1, 0.15) is 6.10 Å². The van der Waals surface area contributed by atoms with Gasteiger partial charge in [-0.05, 0) is 33.5 Å². The van der Waals surface area contributed by atoms with Gasteiger partial charge in [0, 0.05) is 0 Å². The Labute approximate surface area is 182 Å². The summed E-state index contributed by atoms with van der Waals surface area (Å²) in [6.07, 6.45) is 1.31. The van der Waals surface area contributed by atoms with E-state index in [2.05, 4.69) is 69.3 Å². The van der Waals surface area contributed by atoms with Crippen LogP contribution in [0.5, 0.6) is 0 Å². The number of hydrogen-bond acceptors (Lipinski definition) is 2. The minimum atomic E-state index is -2.63. The van der Waals surface area contributed by atoms with Crippen LogP contribution >= 0.6 is 0 Å². The maximum Gasteiger partial charge on any atom is 0.261 e. The van der Waals surface area contributed by atoms with Crippen molar-refractivity contribution in [1.29, 1.82) is 0 Å². The van der Waals surface area contributed by atoms with Crippen LogP contribution in [0.15, 0.2) is 103 Å². The number of aliphatic hydroxyl groups is 1. The van der Waals surface area contributed by atoms with Crippen molar-refractivity contribution in [3.63, 3.8) is 0 Å². The van der Waals surface area contributed by atoms with Gasteiger partial charge in [-0.3, -0.25) is 0 Å². The predicted octanol–water partition coefficient (Wildman–Crippen LogP) is 5.24. The van der Waals surface area contributed by atoms with Crippen LogP contribution in [0.25, 0.3) is 0 Å². The highest BCUT2D eigenvalue weighted by Crippen LogP contribution is 2.37. The summed E-state index contributed by atoms with van der Waals surface area (Å²) in [5.74, 6) is 0. The Kier molecular flexibility index (Phi) is 7.09. The molecule has 0 aliphatic rings. The Balaban J connectivity index is 2.03. The van der Waals surface area contributed by atoms with Gasteiger partial charge in [-0.15, -0.1) is 0 Å². The lowest BCUT2D eigenvalue weighted by Crippen LogP contribution is -2.66. The van der Waals surface area contributed by atoms with E-state index in [1.54, 1.807) is 0 Å². The van der Waals surface area contributed by atoms with Gasteiger partial charge in [-0.25, -0.2) is 0 Å². The molecule has 30 heavy (non-hydrogen) atoms. The summed E-state index contributed by atoms with van der Waals surface area (Å²) in [6, 6.07) is 31.0. The molecule has 3 aromatic carbocycles. The average molecular weight is 417 g/mol. The first-order valence-corrected chi connectivity index (χ1v) is 12.4. The van der Waals surface area contributed by atoms with E-state index in [9.17, 15) is 5.11 Å². The standard InChI is InChI=1S/C27H32O2Si/c1-5-22(26(28)23-15-9-6-10-16-23)21-29-30(27(2,3)4,24-17-11-7-12-18-24)25-19-13-8-14-20-25/h5-20,26,28H,21H2,1-4H3/b22-5+. The smallest absolute Gasteiger partial charge is 0.261 e. The molecule has 156 valence electrons. The maximum atomic E-state index is 11.0. The summed E-state index contributed by atoms with van der Waals surface area (Å²) in [5.41, 5.74) is 1.77. The molecule has 2 nitrogen and oxygen atoms in total. The van der Waals surface area contributed by atoms with E-state index in [1.165, 1.54) is 10.4 Å². The summed E-state index contributed by atoms with van der Waals surface area (Å²) in [7, 11) is -2.63. The van der Waals surface area contributed by atoms with Crippen LogP contribution in [-0.2, 0) is 4.43 Å². The Hall–Kier alpha value is -2.46. The van der Waals surface area contributed by atoms with Gasteiger partial charge >= 0.3 is 0 Å². The molecule has 0 aliphatic carbocycles. The largest absolute Gasteiger partial charge is 0.403 e. The van der Waals surface area contributed by atoms with Gasteiger partial charge in [-0.1, -0.05) is 118 Å². The minimum Gasteiger partial charge on any atom is -0.403 e. The molecule has 1 N–H and O–H groups in total. The first-order chi connectivity index (χ1) is 14.4. The molecule has 1 atom stereocenters. The third-order valence-corrected chi connectivity index (χ3v) is 10.7. The molecule has 0 fully saturated rings. The average Bonchev–Trinajstić information content (AvgIpc) is 2.77. The zero-order valence-electron chi connectivity index (χ0n) is 18.4. The molecule has 0 spiro atoms. The quantitative estimate of drug-likeness (QED) is 0.421. The van der Waals surface area contributed by atoms with E-state index >= 15 is 0 Å². The van der Waals surface area contributed by atoms with Gasteiger partial charge in [-0.2, -0.15) is 0 Å². The molecular formula is C27H32O2Si. The number of hydrogen-bond donors (Lipinski definition) is 1. The molecule has 3 rings (SSSR count). The van der Waals surface area contributed by atoms with Crippen molar-refractivity contribution in [2.75, 3.05) is 6.61 Å². The van der Waals surface area contributed by atoms with E-state index in [0.29, 0.717) is 6.61 Å². The summed E-state index contributed by atoms with van der Waals surface area (Å²) in [4.78, 5) is 0. The van der Waals surface area contributed by atoms with Crippen LogP contribution in [0.2, 0.25) is 5.04 Å². The van der Waals surface area contributed by atoms with Crippen LogP contribution in [0.3, 0.4) is 0 Å². The Morgan fingerprint density at radius 1 is 0.833 bits per heavy atom. The zero-order chi connectivity index (χ0) is 21.6. The van der Waals surface area contributed by atoms with Gasteiger partial charge in [0.15, 0.2) is 0 Å². The minimum absolute atomic E-state index is 0.0910.